The normalized spacial score (nSPS) is 22.2. The molecule has 2 atom stereocenters. The van der Waals surface area contributed by atoms with Gasteiger partial charge in [-0.3, -0.25) is 9.69 Å². The average Bonchev–Trinajstić information content (AvgIpc) is 2.54. The molecule has 0 spiro atoms. The molecule has 2 aromatic rings. The van der Waals surface area contributed by atoms with E-state index in [1.807, 2.05) is 12.1 Å². The van der Waals surface area contributed by atoms with Crippen molar-refractivity contribution in [1.82, 2.24) is 4.90 Å². The van der Waals surface area contributed by atoms with E-state index in [9.17, 15) is 9.90 Å². The van der Waals surface area contributed by atoms with E-state index in [2.05, 4.69) is 30.9 Å². The highest BCUT2D eigenvalue weighted by atomic mass is 16.5. The number of aryl methyl sites for hydroxylation is 1. The van der Waals surface area contributed by atoms with E-state index in [0.29, 0.717) is 18.9 Å². The summed E-state index contributed by atoms with van der Waals surface area (Å²) in [6, 6.07) is 9.80. The summed E-state index contributed by atoms with van der Waals surface area (Å²) < 4.78 is 11.3. The first-order valence-electron chi connectivity index (χ1n) is 7.76. The highest BCUT2D eigenvalue weighted by Crippen LogP contribution is 2.28. The fourth-order valence-corrected chi connectivity index (χ4v) is 2.89. The Hall–Kier alpha value is -2.11. The lowest BCUT2D eigenvalue weighted by Gasteiger charge is -2.38. The van der Waals surface area contributed by atoms with Crippen molar-refractivity contribution in [2.75, 3.05) is 13.2 Å². The predicted molar refractivity (Wildman–Crippen MR) is 86.4 cm³/mol. The maximum atomic E-state index is 11.5. The van der Waals surface area contributed by atoms with Crippen LogP contribution in [0, 0.1) is 6.92 Å². The molecule has 122 valence electrons. The number of morpholine rings is 1. The fourth-order valence-electron chi connectivity index (χ4n) is 2.89. The Bertz CT molecular complexity index is 740. The van der Waals surface area contributed by atoms with E-state index in [0.717, 1.165) is 12.8 Å². The lowest BCUT2D eigenvalue weighted by atomic mass is 10.0. The molecular formula is C18H21NO4. The van der Waals surface area contributed by atoms with E-state index in [4.69, 9.17) is 9.15 Å². The van der Waals surface area contributed by atoms with Crippen LogP contribution in [0.4, 0.5) is 0 Å². The molecule has 0 unspecified atom stereocenters. The minimum Gasteiger partial charge on any atom is -0.502 e. The van der Waals surface area contributed by atoms with Gasteiger partial charge in [0.05, 0.1) is 19.3 Å². The zero-order chi connectivity index (χ0) is 16.4. The number of rotatable bonds is 3. The summed E-state index contributed by atoms with van der Waals surface area (Å²) in [6.07, 6.45) is 1.11. The summed E-state index contributed by atoms with van der Waals surface area (Å²) in [5.74, 6) is 0.187. The first-order valence-corrected chi connectivity index (χ1v) is 7.76. The Kier molecular flexibility index (Phi) is 4.50. The van der Waals surface area contributed by atoms with Crippen LogP contribution in [-0.2, 0) is 11.3 Å². The molecule has 5 nitrogen and oxygen atoms in total. The molecule has 5 heteroatoms. The lowest BCUT2D eigenvalue weighted by Crippen LogP contribution is -2.44. The molecule has 23 heavy (non-hydrogen) atoms. The monoisotopic (exact) mass is 315 g/mol. The van der Waals surface area contributed by atoms with Gasteiger partial charge in [0.25, 0.3) is 0 Å². The highest BCUT2D eigenvalue weighted by Gasteiger charge is 2.28. The Morgan fingerprint density at radius 1 is 1.35 bits per heavy atom. The van der Waals surface area contributed by atoms with E-state index < -0.39 is 5.43 Å². The second-order valence-corrected chi connectivity index (χ2v) is 6.05. The smallest absolute Gasteiger partial charge is 0.226 e. The lowest BCUT2D eigenvalue weighted by molar-refractivity contribution is -0.0654. The van der Waals surface area contributed by atoms with Gasteiger partial charge in [-0.05, 0) is 25.0 Å². The standard InChI is InChI=1S/C18H21NO4/c1-12-5-3-4-6-15(12)18-9-19(13(2)10-23-18)8-14-7-16(20)17(21)11-22-14/h3-7,11,13,18,21H,8-10H2,1-2H3/t13-,18+/m1/s1. The van der Waals surface area contributed by atoms with Gasteiger partial charge in [-0.2, -0.15) is 0 Å². The minimum atomic E-state index is -0.414. The summed E-state index contributed by atoms with van der Waals surface area (Å²) in [6.45, 7) is 6.05. The molecule has 0 amide bonds. The zero-order valence-corrected chi connectivity index (χ0v) is 13.4. The van der Waals surface area contributed by atoms with Crippen molar-refractivity contribution >= 4 is 0 Å². The summed E-state index contributed by atoms with van der Waals surface area (Å²) in [5, 5.41) is 9.28. The van der Waals surface area contributed by atoms with Crippen LogP contribution in [0.3, 0.4) is 0 Å². The Labute approximate surface area is 135 Å². The van der Waals surface area contributed by atoms with Gasteiger partial charge in [-0.15, -0.1) is 0 Å². The maximum Gasteiger partial charge on any atom is 0.226 e. The molecule has 1 N–H and O–H groups in total. The summed E-state index contributed by atoms with van der Waals surface area (Å²) in [4.78, 5) is 13.8. The number of ether oxygens (including phenoxy) is 1. The highest BCUT2D eigenvalue weighted by molar-refractivity contribution is 5.28. The SMILES string of the molecule is Cc1ccccc1[C@@H]1CN(Cc2cc(=O)c(O)co2)[C@H](C)CO1. The number of hydrogen-bond acceptors (Lipinski definition) is 5. The summed E-state index contributed by atoms with van der Waals surface area (Å²) in [5.41, 5.74) is 1.99. The second kappa shape index (κ2) is 6.56. The van der Waals surface area contributed by atoms with Crippen LogP contribution < -0.4 is 5.43 Å². The third kappa shape index (κ3) is 3.46. The van der Waals surface area contributed by atoms with Crippen LogP contribution in [0.25, 0.3) is 0 Å². The molecule has 2 heterocycles. The second-order valence-electron chi connectivity index (χ2n) is 6.05. The first-order chi connectivity index (χ1) is 11.0. The van der Waals surface area contributed by atoms with Crippen molar-refractivity contribution < 1.29 is 14.3 Å². The minimum absolute atomic E-state index is 0.0104. The molecule has 0 aliphatic carbocycles. The van der Waals surface area contributed by atoms with Crippen LogP contribution >= 0.6 is 0 Å². The number of aromatic hydroxyl groups is 1. The molecular weight excluding hydrogens is 294 g/mol. The summed E-state index contributed by atoms with van der Waals surface area (Å²) in [7, 11) is 0. The Morgan fingerprint density at radius 3 is 2.87 bits per heavy atom. The van der Waals surface area contributed by atoms with Gasteiger partial charge in [0.1, 0.15) is 12.0 Å². The van der Waals surface area contributed by atoms with Crippen molar-refractivity contribution in [2.24, 2.45) is 0 Å². The van der Waals surface area contributed by atoms with Crippen LogP contribution in [-0.4, -0.2) is 29.2 Å². The van der Waals surface area contributed by atoms with Gasteiger partial charge in [-0.1, -0.05) is 24.3 Å². The molecule has 3 rings (SSSR count). The molecule has 1 aliphatic heterocycles. The number of nitrogens with zero attached hydrogens (tertiary/aromatic N) is 1. The third-order valence-corrected chi connectivity index (χ3v) is 4.32. The molecule has 1 saturated heterocycles. The number of hydrogen-bond donors (Lipinski definition) is 1. The Balaban J connectivity index is 1.77. The Morgan fingerprint density at radius 2 is 2.13 bits per heavy atom. The van der Waals surface area contributed by atoms with Gasteiger partial charge >= 0.3 is 0 Å². The summed E-state index contributed by atoms with van der Waals surface area (Å²) >= 11 is 0. The topological polar surface area (TPSA) is 62.9 Å². The zero-order valence-electron chi connectivity index (χ0n) is 13.4. The van der Waals surface area contributed by atoms with Crippen LogP contribution in [0.2, 0.25) is 0 Å². The predicted octanol–water partition coefficient (Wildman–Crippen LogP) is 2.62. The molecule has 0 saturated carbocycles. The number of benzene rings is 1. The van der Waals surface area contributed by atoms with Crippen molar-refractivity contribution in [1.29, 1.82) is 0 Å². The van der Waals surface area contributed by atoms with Crippen LogP contribution in [0.1, 0.15) is 29.9 Å². The fraction of sp³-hybridized carbons (Fsp3) is 0.389. The van der Waals surface area contributed by atoms with Crippen LogP contribution in [0.5, 0.6) is 5.75 Å². The quantitative estimate of drug-likeness (QED) is 0.943. The van der Waals surface area contributed by atoms with Crippen LogP contribution in [0.15, 0.2) is 45.8 Å². The van der Waals surface area contributed by atoms with E-state index in [1.54, 1.807) is 0 Å². The first kappa shape index (κ1) is 15.8. The van der Waals surface area contributed by atoms with Gasteiger partial charge in [-0.25, -0.2) is 0 Å². The molecule has 1 aromatic heterocycles. The van der Waals surface area contributed by atoms with Gasteiger partial charge in [0.2, 0.25) is 5.43 Å². The maximum absolute atomic E-state index is 11.5. The van der Waals surface area contributed by atoms with Gasteiger partial charge in [0, 0.05) is 18.7 Å². The van der Waals surface area contributed by atoms with Gasteiger partial charge in [0.15, 0.2) is 5.75 Å². The molecule has 1 aliphatic rings. The average molecular weight is 315 g/mol. The van der Waals surface area contributed by atoms with Gasteiger partial charge < -0.3 is 14.3 Å². The molecule has 1 fully saturated rings. The molecule has 1 aromatic carbocycles. The van der Waals surface area contributed by atoms with E-state index in [1.165, 1.54) is 17.2 Å². The molecule has 0 radical (unpaired) electrons. The van der Waals surface area contributed by atoms with Crippen molar-refractivity contribution in [3.8, 4) is 5.75 Å². The van der Waals surface area contributed by atoms with E-state index in [-0.39, 0.29) is 17.9 Å². The third-order valence-electron chi connectivity index (χ3n) is 4.32. The van der Waals surface area contributed by atoms with Crippen molar-refractivity contribution in [3.63, 3.8) is 0 Å². The largest absolute Gasteiger partial charge is 0.502 e. The van der Waals surface area contributed by atoms with Crippen molar-refractivity contribution in [2.45, 2.75) is 32.5 Å². The van der Waals surface area contributed by atoms with E-state index >= 15 is 0 Å². The van der Waals surface area contributed by atoms with Crippen molar-refractivity contribution in [3.05, 3.63) is 63.7 Å². The molecule has 0 bridgehead atoms.